The van der Waals surface area contributed by atoms with Crippen LogP contribution in [0.5, 0.6) is 0 Å². The summed E-state index contributed by atoms with van der Waals surface area (Å²) in [5.41, 5.74) is 10.5. The maximum absolute atomic E-state index is 6.66. The van der Waals surface area contributed by atoms with Crippen molar-refractivity contribution in [2.24, 2.45) is 5.73 Å². The Kier molecular flexibility index (Phi) is 5.19. The highest BCUT2D eigenvalue weighted by molar-refractivity contribution is 5.27. The average molecular weight is 281 g/mol. The van der Waals surface area contributed by atoms with Gasteiger partial charge in [-0.25, -0.2) is 0 Å². The van der Waals surface area contributed by atoms with Crippen LogP contribution in [-0.4, -0.2) is 5.54 Å². The van der Waals surface area contributed by atoms with Gasteiger partial charge in [-0.1, -0.05) is 75.4 Å². The van der Waals surface area contributed by atoms with Gasteiger partial charge in [0.05, 0.1) is 0 Å². The van der Waals surface area contributed by atoms with E-state index in [-0.39, 0.29) is 5.54 Å². The maximum atomic E-state index is 6.66. The molecule has 1 atom stereocenters. The molecule has 2 N–H and O–H groups in total. The molecule has 0 aliphatic heterocycles. The summed E-state index contributed by atoms with van der Waals surface area (Å²) < 4.78 is 0. The van der Waals surface area contributed by atoms with Crippen LogP contribution in [-0.2, 0) is 12.8 Å². The first-order valence-corrected chi connectivity index (χ1v) is 7.94. The molecule has 0 spiro atoms. The van der Waals surface area contributed by atoms with Crippen LogP contribution in [0.4, 0.5) is 0 Å². The van der Waals surface area contributed by atoms with Crippen molar-refractivity contribution >= 4 is 0 Å². The first kappa shape index (κ1) is 15.8. The van der Waals surface area contributed by atoms with Gasteiger partial charge >= 0.3 is 0 Å². The SMILES string of the molecule is CCC(N)(Cc1ccccc1)Cc1ccc(C(C)C)cc1. The van der Waals surface area contributed by atoms with Gasteiger partial charge in [0, 0.05) is 5.54 Å². The van der Waals surface area contributed by atoms with Crippen molar-refractivity contribution in [1.82, 2.24) is 0 Å². The third kappa shape index (κ3) is 4.44. The highest BCUT2D eigenvalue weighted by Gasteiger charge is 2.23. The van der Waals surface area contributed by atoms with Crippen LogP contribution >= 0.6 is 0 Å². The van der Waals surface area contributed by atoms with E-state index in [2.05, 4.69) is 75.4 Å². The van der Waals surface area contributed by atoms with E-state index in [0.717, 1.165) is 19.3 Å². The first-order valence-electron chi connectivity index (χ1n) is 7.94. The number of hydrogen-bond acceptors (Lipinski definition) is 1. The van der Waals surface area contributed by atoms with Gasteiger partial charge in [-0.2, -0.15) is 0 Å². The van der Waals surface area contributed by atoms with Crippen molar-refractivity contribution in [3.05, 3.63) is 71.3 Å². The predicted molar refractivity (Wildman–Crippen MR) is 91.6 cm³/mol. The molecule has 0 fully saturated rings. The van der Waals surface area contributed by atoms with Crippen molar-refractivity contribution in [1.29, 1.82) is 0 Å². The summed E-state index contributed by atoms with van der Waals surface area (Å²) >= 11 is 0. The quantitative estimate of drug-likeness (QED) is 0.816. The lowest BCUT2D eigenvalue weighted by molar-refractivity contribution is 0.404. The molecule has 0 aliphatic rings. The minimum absolute atomic E-state index is 0.166. The third-order valence-corrected chi connectivity index (χ3v) is 4.31. The predicted octanol–water partition coefficient (Wildman–Crippen LogP) is 4.70. The zero-order valence-electron chi connectivity index (χ0n) is 13.5. The minimum Gasteiger partial charge on any atom is -0.325 e. The van der Waals surface area contributed by atoms with Gasteiger partial charge in [-0.15, -0.1) is 0 Å². The van der Waals surface area contributed by atoms with E-state index in [1.165, 1.54) is 16.7 Å². The van der Waals surface area contributed by atoms with Crippen molar-refractivity contribution < 1.29 is 0 Å². The zero-order valence-corrected chi connectivity index (χ0v) is 13.5. The molecule has 0 bridgehead atoms. The van der Waals surface area contributed by atoms with Crippen molar-refractivity contribution in [2.75, 3.05) is 0 Å². The Bertz CT molecular complexity index is 542. The fraction of sp³-hybridized carbons (Fsp3) is 0.400. The van der Waals surface area contributed by atoms with Gasteiger partial charge in [0.25, 0.3) is 0 Å². The van der Waals surface area contributed by atoms with E-state index in [9.17, 15) is 0 Å². The van der Waals surface area contributed by atoms with Gasteiger partial charge in [0.15, 0.2) is 0 Å². The van der Waals surface area contributed by atoms with Gasteiger partial charge in [-0.05, 0) is 41.9 Å². The molecule has 1 unspecified atom stereocenters. The number of hydrogen-bond donors (Lipinski definition) is 1. The van der Waals surface area contributed by atoms with Crippen LogP contribution in [0.25, 0.3) is 0 Å². The Morgan fingerprint density at radius 1 is 0.857 bits per heavy atom. The lowest BCUT2D eigenvalue weighted by Gasteiger charge is -2.29. The maximum Gasteiger partial charge on any atom is 0.0233 e. The van der Waals surface area contributed by atoms with E-state index in [4.69, 9.17) is 5.73 Å². The highest BCUT2D eigenvalue weighted by atomic mass is 14.7. The molecule has 112 valence electrons. The Hall–Kier alpha value is -1.60. The molecule has 1 nitrogen and oxygen atoms in total. The smallest absolute Gasteiger partial charge is 0.0233 e. The summed E-state index contributed by atoms with van der Waals surface area (Å²) in [5, 5.41) is 0. The van der Waals surface area contributed by atoms with Crippen molar-refractivity contribution in [3.63, 3.8) is 0 Å². The second-order valence-corrected chi connectivity index (χ2v) is 6.45. The fourth-order valence-electron chi connectivity index (χ4n) is 2.74. The molecule has 2 aromatic rings. The lowest BCUT2D eigenvalue weighted by Crippen LogP contribution is -2.43. The molecule has 1 heteroatoms. The van der Waals surface area contributed by atoms with Crippen LogP contribution < -0.4 is 5.73 Å². The average Bonchev–Trinajstić information content (AvgIpc) is 2.48. The Morgan fingerprint density at radius 2 is 1.38 bits per heavy atom. The summed E-state index contributed by atoms with van der Waals surface area (Å²) in [5.74, 6) is 0.581. The van der Waals surface area contributed by atoms with Crippen molar-refractivity contribution in [3.8, 4) is 0 Å². The van der Waals surface area contributed by atoms with Crippen LogP contribution in [0, 0.1) is 0 Å². The molecule has 2 rings (SSSR count). The Balaban J connectivity index is 2.10. The van der Waals surface area contributed by atoms with Gasteiger partial charge in [-0.3, -0.25) is 0 Å². The minimum atomic E-state index is -0.166. The third-order valence-electron chi connectivity index (χ3n) is 4.31. The topological polar surface area (TPSA) is 26.0 Å². The second-order valence-electron chi connectivity index (χ2n) is 6.45. The molecule has 0 amide bonds. The molecular weight excluding hydrogens is 254 g/mol. The molecule has 0 saturated heterocycles. The molecule has 0 heterocycles. The summed E-state index contributed by atoms with van der Waals surface area (Å²) in [6.45, 7) is 6.64. The number of rotatable bonds is 6. The van der Waals surface area contributed by atoms with E-state index >= 15 is 0 Å². The van der Waals surface area contributed by atoms with Crippen molar-refractivity contribution in [2.45, 2.75) is 51.5 Å². The van der Waals surface area contributed by atoms with E-state index in [1.807, 2.05) is 0 Å². The molecule has 0 aromatic heterocycles. The standard InChI is InChI=1S/C20H27N/c1-4-20(21,14-17-8-6-5-7-9-17)15-18-10-12-19(13-11-18)16(2)3/h5-13,16H,4,14-15,21H2,1-3H3. The first-order chi connectivity index (χ1) is 10.0. The van der Waals surface area contributed by atoms with E-state index in [1.54, 1.807) is 0 Å². The second kappa shape index (κ2) is 6.91. The molecule has 2 aromatic carbocycles. The van der Waals surface area contributed by atoms with E-state index in [0.29, 0.717) is 5.92 Å². The van der Waals surface area contributed by atoms with E-state index < -0.39 is 0 Å². The summed E-state index contributed by atoms with van der Waals surface area (Å²) in [6, 6.07) is 19.5. The lowest BCUT2D eigenvalue weighted by atomic mass is 9.83. The zero-order chi connectivity index (χ0) is 15.3. The fourth-order valence-corrected chi connectivity index (χ4v) is 2.74. The van der Waals surface area contributed by atoms with Gasteiger partial charge in [0.2, 0.25) is 0 Å². The Morgan fingerprint density at radius 3 is 1.86 bits per heavy atom. The molecule has 21 heavy (non-hydrogen) atoms. The molecule has 0 radical (unpaired) electrons. The van der Waals surface area contributed by atoms with Crippen LogP contribution in [0.3, 0.4) is 0 Å². The molecular formula is C20H27N. The number of nitrogens with two attached hydrogens (primary N) is 1. The molecule has 0 aliphatic carbocycles. The van der Waals surface area contributed by atoms with Gasteiger partial charge < -0.3 is 5.73 Å². The monoisotopic (exact) mass is 281 g/mol. The normalized spacial score (nSPS) is 14.1. The Labute approximate surface area is 129 Å². The van der Waals surface area contributed by atoms with Crippen LogP contribution in [0.15, 0.2) is 54.6 Å². The summed E-state index contributed by atoms with van der Waals surface area (Å²) in [6.07, 6.45) is 2.83. The summed E-state index contributed by atoms with van der Waals surface area (Å²) in [7, 11) is 0. The van der Waals surface area contributed by atoms with Crippen LogP contribution in [0.2, 0.25) is 0 Å². The van der Waals surface area contributed by atoms with Crippen LogP contribution in [0.1, 0.15) is 49.8 Å². The number of benzene rings is 2. The van der Waals surface area contributed by atoms with Gasteiger partial charge in [0.1, 0.15) is 0 Å². The largest absolute Gasteiger partial charge is 0.325 e. The molecule has 0 saturated carbocycles. The highest BCUT2D eigenvalue weighted by Crippen LogP contribution is 2.22. The summed E-state index contributed by atoms with van der Waals surface area (Å²) in [4.78, 5) is 0.